The molecule has 7 heteroatoms. The Balaban J connectivity index is 0.00000300. The molecule has 1 unspecified atom stereocenters. The van der Waals surface area contributed by atoms with Gasteiger partial charge >= 0.3 is 0 Å². The van der Waals surface area contributed by atoms with E-state index in [1.54, 1.807) is 13.4 Å². The maximum Gasteiger partial charge on any atom is 0.191 e. The smallest absolute Gasteiger partial charge is 0.191 e. The van der Waals surface area contributed by atoms with Crippen molar-refractivity contribution in [3.05, 3.63) is 60.1 Å². The van der Waals surface area contributed by atoms with Crippen molar-refractivity contribution in [1.82, 2.24) is 15.5 Å². The van der Waals surface area contributed by atoms with E-state index in [1.165, 1.54) is 18.4 Å². The molecule has 0 amide bonds. The third-order valence-electron chi connectivity index (χ3n) is 5.03. The van der Waals surface area contributed by atoms with Crippen molar-refractivity contribution in [2.45, 2.75) is 25.3 Å². The number of likely N-dealkylation sites (tertiary alicyclic amines) is 1. The number of guanidine groups is 1. The summed E-state index contributed by atoms with van der Waals surface area (Å²) >= 11 is 0. The van der Waals surface area contributed by atoms with Gasteiger partial charge in [-0.2, -0.15) is 0 Å². The Hall–Kier alpha value is -1.58. The molecule has 2 N–H and O–H groups in total. The van der Waals surface area contributed by atoms with Crippen molar-refractivity contribution in [1.29, 1.82) is 0 Å². The van der Waals surface area contributed by atoms with Gasteiger partial charge in [-0.25, -0.2) is 0 Å². The average molecular weight is 512 g/mol. The predicted molar refractivity (Wildman–Crippen MR) is 128 cm³/mol. The fourth-order valence-electron chi connectivity index (χ4n) is 3.54. The molecule has 0 spiro atoms. The van der Waals surface area contributed by atoms with Crippen LogP contribution in [0.3, 0.4) is 0 Å². The molecule has 29 heavy (non-hydrogen) atoms. The number of rotatable bonds is 10. The Bertz CT molecular complexity index is 688. The largest absolute Gasteiger partial charge is 0.469 e. The first-order valence-electron chi connectivity index (χ1n) is 10.2. The maximum absolute atomic E-state index is 5.41. The van der Waals surface area contributed by atoms with E-state index in [-0.39, 0.29) is 24.0 Å². The van der Waals surface area contributed by atoms with E-state index in [2.05, 4.69) is 45.9 Å². The normalized spacial score (nSPS) is 15.7. The second-order valence-electron chi connectivity index (χ2n) is 7.03. The lowest BCUT2D eigenvalue weighted by Gasteiger charge is -2.27. The van der Waals surface area contributed by atoms with Crippen molar-refractivity contribution in [3.63, 3.8) is 0 Å². The number of nitrogens with one attached hydrogen (secondary N) is 2. The zero-order chi connectivity index (χ0) is 19.4. The molecular formula is C22H33IN4O2. The summed E-state index contributed by atoms with van der Waals surface area (Å²) in [5, 5.41) is 6.78. The molecular weight excluding hydrogens is 479 g/mol. The second-order valence-corrected chi connectivity index (χ2v) is 7.03. The summed E-state index contributed by atoms with van der Waals surface area (Å²) in [6, 6.07) is 14.9. The molecule has 0 saturated carbocycles. The summed E-state index contributed by atoms with van der Waals surface area (Å²) in [7, 11) is 1.71. The van der Waals surface area contributed by atoms with Crippen molar-refractivity contribution >= 4 is 29.9 Å². The number of furan rings is 1. The fourth-order valence-corrected chi connectivity index (χ4v) is 3.54. The molecule has 0 aliphatic carbocycles. The highest BCUT2D eigenvalue weighted by atomic mass is 127. The molecule has 1 aromatic carbocycles. The highest BCUT2D eigenvalue weighted by Gasteiger charge is 2.23. The van der Waals surface area contributed by atoms with Crippen LogP contribution in [0.25, 0.3) is 0 Å². The van der Waals surface area contributed by atoms with Crippen LogP contribution in [0.5, 0.6) is 0 Å². The zero-order valence-electron chi connectivity index (χ0n) is 17.2. The highest BCUT2D eigenvalue weighted by Crippen LogP contribution is 2.25. The molecule has 2 heterocycles. The minimum Gasteiger partial charge on any atom is -0.469 e. The minimum absolute atomic E-state index is 0. The summed E-state index contributed by atoms with van der Waals surface area (Å²) in [5.41, 5.74) is 1.33. The average Bonchev–Trinajstić information content (AvgIpc) is 3.43. The van der Waals surface area contributed by atoms with E-state index in [0.717, 1.165) is 50.9 Å². The van der Waals surface area contributed by atoms with Gasteiger partial charge in [-0.05, 0) is 43.6 Å². The van der Waals surface area contributed by atoms with E-state index >= 15 is 0 Å². The Morgan fingerprint density at radius 2 is 1.86 bits per heavy atom. The first-order chi connectivity index (χ1) is 13.9. The highest BCUT2D eigenvalue weighted by molar-refractivity contribution is 14.0. The number of aliphatic imine (C=N–C) groups is 1. The lowest BCUT2D eigenvalue weighted by Crippen LogP contribution is -2.40. The minimum atomic E-state index is 0. The van der Waals surface area contributed by atoms with Crippen LogP contribution in [0, 0.1) is 0 Å². The number of halogens is 1. The molecule has 2 aromatic rings. The van der Waals surface area contributed by atoms with Gasteiger partial charge < -0.3 is 19.8 Å². The van der Waals surface area contributed by atoms with E-state index < -0.39 is 0 Å². The van der Waals surface area contributed by atoms with Gasteiger partial charge in [-0.3, -0.25) is 9.89 Å². The van der Waals surface area contributed by atoms with Crippen molar-refractivity contribution < 1.29 is 9.15 Å². The Morgan fingerprint density at radius 1 is 1.10 bits per heavy atom. The van der Waals surface area contributed by atoms with Crippen LogP contribution in [-0.4, -0.2) is 57.3 Å². The van der Waals surface area contributed by atoms with Gasteiger partial charge in [0.25, 0.3) is 0 Å². The van der Waals surface area contributed by atoms with Crippen LogP contribution >= 0.6 is 24.0 Å². The van der Waals surface area contributed by atoms with Gasteiger partial charge in [0, 0.05) is 26.6 Å². The van der Waals surface area contributed by atoms with Crippen molar-refractivity contribution in [3.8, 4) is 0 Å². The van der Waals surface area contributed by atoms with Gasteiger partial charge in [-0.15, -0.1) is 24.0 Å². The predicted octanol–water partition coefficient (Wildman–Crippen LogP) is 3.46. The van der Waals surface area contributed by atoms with Gasteiger partial charge in [0.1, 0.15) is 5.76 Å². The summed E-state index contributed by atoms with van der Waals surface area (Å²) in [5.74, 6) is 1.80. The Kier molecular flexibility index (Phi) is 11.1. The molecule has 1 aliphatic heterocycles. The maximum atomic E-state index is 5.41. The molecule has 1 fully saturated rings. The Labute approximate surface area is 191 Å². The molecule has 1 aromatic heterocycles. The molecule has 0 radical (unpaired) electrons. The number of methoxy groups -OCH3 is 1. The van der Waals surface area contributed by atoms with Crippen LogP contribution in [0.2, 0.25) is 0 Å². The third-order valence-corrected chi connectivity index (χ3v) is 5.03. The van der Waals surface area contributed by atoms with Gasteiger partial charge in [-0.1, -0.05) is 30.3 Å². The van der Waals surface area contributed by atoms with Crippen molar-refractivity contribution in [2.24, 2.45) is 4.99 Å². The number of hydrogen-bond donors (Lipinski definition) is 2. The standard InChI is InChI=1S/C22H32N4O2.HI/c1-27-17-13-24-22(23-12-11-20-10-7-16-28-20)25-18-21(26-14-5-6-15-26)19-8-3-2-4-9-19;/h2-4,7-10,16,21H,5-6,11-15,17-18H2,1H3,(H2,23,24,25);1H. The van der Waals surface area contributed by atoms with E-state index in [9.17, 15) is 0 Å². The number of nitrogens with zero attached hydrogens (tertiary/aromatic N) is 2. The van der Waals surface area contributed by atoms with Crippen LogP contribution < -0.4 is 10.6 Å². The van der Waals surface area contributed by atoms with Crippen LogP contribution in [0.4, 0.5) is 0 Å². The van der Waals surface area contributed by atoms with Gasteiger partial charge in [0.15, 0.2) is 5.96 Å². The molecule has 1 saturated heterocycles. The summed E-state index contributed by atoms with van der Waals surface area (Å²) in [6.07, 6.45) is 5.08. The SMILES string of the molecule is COCCNC(=NCC(c1ccccc1)N1CCCC1)NCCc1ccco1.I. The van der Waals surface area contributed by atoms with E-state index in [4.69, 9.17) is 14.1 Å². The van der Waals surface area contributed by atoms with Crippen LogP contribution in [0.15, 0.2) is 58.1 Å². The second kappa shape index (κ2) is 13.6. The zero-order valence-corrected chi connectivity index (χ0v) is 19.5. The molecule has 6 nitrogen and oxygen atoms in total. The van der Waals surface area contributed by atoms with Crippen LogP contribution in [-0.2, 0) is 11.2 Å². The monoisotopic (exact) mass is 512 g/mol. The van der Waals surface area contributed by atoms with Crippen LogP contribution in [0.1, 0.15) is 30.2 Å². The molecule has 160 valence electrons. The topological polar surface area (TPSA) is 62.0 Å². The number of benzene rings is 1. The lowest BCUT2D eigenvalue weighted by atomic mass is 10.1. The summed E-state index contributed by atoms with van der Waals surface area (Å²) in [6.45, 7) is 5.16. The Morgan fingerprint density at radius 3 is 2.55 bits per heavy atom. The summed E-state index contributed by atoms with van der Waals surface area (Å²) in [4.78, 5) is 7.45. The van der Waals surface area contributed by atoms with Crippen molar-refractivity contribution in [2.75, 3.05) is 46.4 Å². The molecule has 0 bridgehead atoms. The fraction of sp³-hybridized carbons (Fsp3) is 0.500. The first kappa shape index (κ1) is 23.7. The number of ether oxygens (including phenoxy) is 1. The number of hydrogen-bond acceptors (Lipinski definition) is 4. The third kappa shape index (κ3) is 7.98. The van der Waals surface area contributed by atoms with Gasteiger partial charge in [0.2, 0.25) is 0 Å². The summed E-state index contributed by atoms with van der Waals surface area (Å²) < 4.78 is 10.6. The molecule has 1 atom stereocenters. The molecule has 1 aliphatic rings. The van der Waals surface area contributed by atoms with E-state index in [1.807, 2.05) is 12.1 Å². The molecule has 3 rings (SSSR count). The first-order valence-corrected chi connectivity index (χ1v) is 10.2. The van der Waals surface area contributed by atoms with Gasteiger partial charge in [0.05, 0.1) is 25.5 Å². The van der Waals surface area contributed by atoms with E-state index in [0.29, 0.717) is 12.6 Å². The lowest BCUT2D eigenvalue weighted by molar-refractivity contribution is 0.203. The quantitative estimate of drug-likeness (QED) is 0.221.